The number of ether oxygens (including phenoxy) is 1. The zero-order valence-electron chi connectivity index (χ0n) is 17.8. The average Bonchev–Trinajstić information content (AvgIpc) is 3.39. The van der Waals surface area contributed by atoms with Crippen LogP contribution in [0.5, 0.6) is 5.75 Å². The lowest BCUT2D eigenvalue weighted by Crippen LogP contribution is -2.17. The topological polar surface area (TPSA) is 71.7 Å². The Morgan fingerprint density at radius 2 is 1.88 bits per heavy atom. The van der Waals surface area contributed by atoms with Gasteiger partial charge in [-0.1, -0.05) is 0 Å². The van der Waals surface area contributed by atoms with Crippen molar-refractivity contribution in [3.8, 4) is 21.9 Å². The van der Waals surface area contributed by atoms with Crippen molar-refractivity contribution < 1.29 is 28.5 Å². The van der Waals surface area contributed by atoms with Crippen molar-refractivity contribution >= 4 is 28.2 Å². The summed E-state index contributed by atoms with van der Waals surface area (Å²) in [4.78, 5) is 12.4. The molecule has 2 aromatic carbocycles. The number of aryl methyl sites for hydroxylation is 1. The summed E-state index contributed by atoms with van der Waals surface area (Å²) in [5.41, 5.74) is 3.04. The van der Waals surface area contributed by atoms with Crippen LogP contribution < -0.4 is 0 Å². The van der Waals surface area contributed by atoms with Gasteiger partial charge in [0.05, 0.1) is 10.9 Å². The number of thiophene rings is 1. The number of aromatic nitrogens is 1. The number of phenolic OH excluding ortho intramolecular Hbond substituents is 1. The molecule has 1 saturated heterocycles. The molecule has 2 N–H and O–H groups in total. The van der Waals surface area contributed by atoms with Crippen LogP contribution in [0.15, 0.2) is 42.5 Å². The van der Waals surface area contributed by atoms with Gasteiger partial charge >= 0.3 is 5.97 Å². The van der Waals surface area contributed by atoms with Crippen molar-refractivity contribution in [1.82, 2.24) is 4.57 Å². The Bertz CT molecular complexity index is 1390. The van der Waals surface area contributed by atoms with Crippen LogP contribution in [0, 0.1) is 18.6 Å². The van der Waals surface area contributed by atoms with E-state index in [0.29, 0.717) is 58.6 Å². The fourth-order valence-electron chi connectivity index (χ4n) is 4.62. The van der Waals surface area contributed by atoms with Crippen LogP contribution in [-0.2, 0) is 4.74 Å². The lowest BCUT2D eigenvalue weighted by molar-refractivity contribution is 0.0702. The van der Waals surface area contributed by atoms with Crippen molar-refractivity contribution in [2.75, 3.05) is 13.2 Å². The van der Waals surface area contributed by atoms with Gasteiger partial charge in [0.1, 0.15) is 22.3 Å². The van der Waals surface area contributed by atoms with Crippen LogP contribution in [0.4, 0.5) is 8.78 Å². The van der Waals surface area contributed by atoms with Gasteiger partial charge in [-0.2, -0.15) is 0 Å². The Labute approximate surface area is 192 Å². The molecule has 0 amide bonds. The summed E-state index contributed by atoms with van der Waals surface area (Å²) in [6.45, 7) is 2.77. The lowest BCUT2D eigenvalue weighted by Gasteiger charge is -2.25. The number of hydrogen-bond acceptors (Lipinski definition) is 4. The summed E-state index contributed by atoms with van der Waals surface area (Å²) in [6.07, 6.45) is 1.42. The van der Waals surface area contributed by atoms with Crippen LogP contribution in [0.25, 0.3) is 27.0 Å². The number of fused-ring (bicyclic) bond motifs is 1. The Morgan fingerprint density at radius 3 is 2.55 bits per heavy atom. The van der Waals surface area contributed by atoms with Crippen molar-refractivity contribution in [1.29, 1.82) is 0 Å². The first-order valence-corrected chi connectivity index (χ1v) is 11.4. The summed E-state index contributed by atoms with van der Waals surface area (Å²) in [5.74, 6) is -2.19. The van der Waals surface area contributed by atoms with Crippen molar-refractivity contribution in [2.24, 2.45) is 0 Å². The minimum Gasteiger partial charge on any atom is -0.507 e. The highest BCUT2D eigenvalue weighted by atomic mass is 32.1. The second kappa shape index (κ2) is 8.28. The lowest BCUT2D eigenvalue weighted by atomic mass is 9.92. The van der Waals surface area contributed by atoms with Crippen LogP contribution in [0.3, 0.4) is 0 Å². The Hall–Kier alpha value is -3.23. The van der Waals surface area contributed by atoms with Gasteiger partial charge in [-0.05, 0) is 61.7 Å². The summed E-state index contributed by atoms with van der Waals surface area (Å²) >= 11 is 1.11. The monoisotopic (exact) mass is 469 g/mol. The van der Waals surface area contributed by atoms with Crippen LogP contribution in [0.1, 0.15) is 39.7 Å². The highest BCUT2D eigenvalue weighted by Crippen LogP contribution is 2.48. The minimum absolute atomic E-state index is 0.0179. The second-order valence-corrected chi connectivity index (χ2v) is 9.29. The SMILES string of the molecule is Cc1cc(-n2c(C3CCOCC3)c(-c3ccc(C(=O)O)s3)c3c(O)cc(F)cc32)ccc1F. The number of benzene rings is 2. The quantitative estimate of drug-likeness (QED) is 0.371. The third-order valence-electron chi connectivity index (χ3n) is 6.12. The molecule has 8 heteroatoms. The first kappa shape index (κ1) is 21.6. The molecular formula is C25H21F2NO4S. The normalized spacial score (nSPS) is 14.8. The fraction of sp³-hybridized carbons (Fsp3) is 0.240. The molecule has 0 atom stereocenters. The van der Waals surface area contributed by atoms with Gasteiger partial charge in [0, 0.05) is 47.0 Å². The standard InChI is InChI=1S/C25H21F2NO4S/c1-13-10-16(2-3-17(13)27)28-18-11-15(26)12-19(29)22(18)23(20-4-5-21(33-20)25(30)31)24(28)14-6-8-32-9-7-14/h2-5,10-12,14,29H,6-9H2,1H3,(H,30,31). The van der Waals surface area contributed by atoms with Gasteiger partial charge in [-0.25, -0.2) is 13.6 Å². The van der Waals surface area contributed by atoms with Crippen LogP contribution in [-0.4, -0.2) is 34.0 Å². The number of phenols is 1. The molecule has 5 rings (SSSR count). The van der Waals surface area contributed by atoms with E-state index in [4.69, 9.17) is 4.74 Å². The number of carboxylic acid groups (broad SMARTS) is 1. The van der Waals surface area contributed by atoms with E-state index in [9.17, 15) is 23.8 Å². The van der Waals surface area contributed by atoms with Gasteiger partial charge in [-0.3, -0.25) is 0 Å². The maximum Gasteiger partial charge on any atom is 0.345 e. The molecule has 1 aliphatic heterocycles. The van der Waals surface area contributed by atoms with E-state index in [1.807, 2.05) is 4.57 Å². The molecule has 0 radical (unpaired) electrons. The average molecular weight is 470 g/mol. The van der Waals surface area contributed by atoms with Crippen LogP contribution in [0.2, 0.25) is 0 Å². The third kappa shape index (κ3) is 3.69. The number of nitrogens with zero attached hydrogens (tertiary/aromatic N) is 1. The maximum absolute atomic E-state index is 14.5. The first-order chi connectivity index (χ1) is 15.8. The highest BCUT2D eigenvalue weighted by molar-refractivity contribution is 7.17. The van der Waals surface area contributed by atoms with E-state index in [-0.39, 0.29) is 22.4 Å². The van der Waals surface area contributed by atoms with Gasteiger partial charge < -0.3 is 19.5 Å². The molecule has 0 spiro atoms. The molecule has 2 aromatic heterocycles. The summed E-state index contributed by atoms with van der Waals surface area (Å²) < 4.78 is 36.0. The predicted molar refractivity (Wildman–Crippen MR) is 123 cm³/mol. The van der Waals surface area contributed by atoms with Gasteiger partial charge in [0.15, 0.2) is 0 Å². The first-order valence-electron chi connectivity index (χ1n) is 10.6. The van der Waals surface area contributed by atoms with Crippen LogP contribution >= 0.6 is 11.3 Å². The zero-order chi connectivity index (χ0) is 23.3. The van der Waals surface area contributed by atoms with Crippen molar-refractivity contribution in [2.45, 2.75) is 25.7 Å². The predicted octanol–water partition coefficient (Wildman–Crippen LogP) is 6.24. The molecule has 3 heterocycles. The minimum atomic E-state index is -1.04. The third-order valence-corrected chi connectivity index (χ3v) is 7.21. The number of aromatic carboxylic acids is 1. The van der Waals surface area contributed by atoms with E-state index < -0.39 is 11.8 Å². The molecule has 1 fully saturated rings. The maximum atomic E-state index is 14.5. The molecular weight excluding hydrogens is 448 g/mol. The molecule has 0 saturated carbocycles. The number of aromatic hydroxyl groups is 1. The van der Waals surface area contributed by atoms with Gasteiger partial charge in [0.2, 0.25) is 0 Å². The fourth-order valence-corrected chi connectivity index (χ4v) is 5.53. The van der Waals surface area contributed by atoms with E-state index in [1.165, 1.54) is 18.2 Å². The molecule has 0 aliphatic carbocycles. The molecule has 4 aromatic rings. The smallest absolute Gasteiger partial charge is 0.345 e. The van der Waals surface area contributed by atoms with E-state index in [1.54, 1.807) is 25.1 Å². The number of rotatable bonds is 4. The number of carbonyl (C=O) groups is 1. The Balaban J connectivity index is 1.91. The number of carboxylic acids is 1. The molecule has 0 bridgehead atoms. The largest absolute Gasteiger partial charge is 0.507 e. The Morgan fingerprint density at radius 1 is 1.12 bits per heavy atom. The summed E-state index contributed by atoms with van der Waals surface area (Å²) in [6, 6.07) is 10.4. The summed E-state index contributed by atoms with van der Waals surface area (Å²) in [7, 11) is 0. The highest BCUT2D eigenvalue weighted by Gasteiger charge is 2.30. The van der Waals surface area contributed by atoms with E-state index in [2.05, 4.69) is 0 Å². The number of halogens is 2. The van der Waals surface area contributed by atoms with E-state index >= 15 is 0 Å². The second-order valence-electron chi connectivity index (χ2n) is 8.20. The Kier molecular flexibility index (Phi) is 5.42. The molecule has 5 nitrogen and oxygen atoms in total. The van der Waals surface area contributed by atoms with Gasteiger partial charge in [0.25, 0.3) is 0 Å². The van der Waals surface area contributed by atoms with Crippen molar-refractivity contribution in [3.63, 3.8) is 0 Å². The molecule has 1 aliphatic rings. The van der Waals surface area contributed by atoms with Crippen molar-refractivity contribution in [3.05, 3.63) is 70.2 Å². The number of hydrogen-bond donors (Lipinski definition) is 2. The van der Waals surface area contributed by atoms with E-state index in [0.717, 1.165) is 23.1 Å². The molecule has 33 heavy (non-hydrogen) atoms. The zero-order valence-corrected chi connectivity index (χ0v) is 18.6. The van der Waals surface area contributed by atoms with Gasteiger partial charge in [-0.15, -0.1) is 11.3 Å². The molecule has 0 unspecified atom stereocenters. The summed E-state index contributed by atoms with van der Waals surface area (Å²) in [5, 5.41) is 20.7. The molecule has 170 valence electrons.